The van der Waals surface area contributed by atoms with Crippen molar-refractivity contribution in [2.24, 2.45) is 5.92 Å². The van der Waals surface area contributed by atoms with Crippen molar-refractivity contribution < 1.29 is 5.11 Å². The number of likely N-dealkylation sites (tertiary alicyclic amines) is 1. The first-order valence-electron chi connectivity index (χ1n) is 8.74. The predicted octanol–water partition coefficient (Wildman–Crippen LogP) is 2.54. The number of aliphatic hydroxyl groups is 1. The molecule has 0 spiro atoms. The van der Waals surface area contributed by atoms with Gasteiger partial charge in [-0.15, -0.1) is 0 Å². The van der Waals surface area contributed by atoms with Gasteiger partial charge in [0.05, 0.1) is 11.8 Å². The molecule has 23 heavy (non-hydrogen) atoms. The zero-order chi connectivity index (χ0) is 17.0. The molecule has 6 heteroatoms. The monoisotopic (exact) mass is 342 g/mol. The number of likely N-dealkylation sites (N-methyl/N-ethyl adjacent to an activating group) is 1. The summed E-state index contributed by atoms with van der Waals surface area (Å²) in [5.74, 6) is 1.57. The van der Waals surface area contributed by atoms with Gasteiger partial charge in [-0.25, -0.2) is 4.98 Å². The second-order valence-corrected chi connectivity index (χ2v) is 7.58. The van der Waals surface area contributed by atoms with E-state index < -0.39 is 0 Å². The van der Waals surface area contributed by atoms with E-state index >= 15 is 0 Å². The number of nitrogens with one attached hydrogen (secondary N) is 1. The summed E-state index contributed by atoms with van der Waals surface area (Å²) in [6.07, 6.45) is 2.90. The molecule has 0 saturated carbocycles. The summed E-state index contributed by atoms with van der Waals surface area (Å²) in [5, 5.41) is 10.9. The average Bonchev–Trinajstić information content (AvgIpc) is 3.00. The van der Waals surface area contributed by atoms with Gasteiger partial charge in [0.1, 0.15) is 5.82 Å². The van der Waals surface area contributed by atoms with Crippen molar-refractivity contribution in [3.05, 3.63) is 16.7 Å². The first-order valence-corrected chi connectivity index (χ1v) is 9.12. The number of aryl methyl sites for hydroxylation is 1. The minimum absolute atomic E-state index is 0.193. The van der Waals surface area contributed by atoms with E-state index in [1.165, 1.54) is 0 Å². The molecule has 2 N–H and O–H groups in total. The molecule has 0 unspecified atom stereocenters. The first-order chi connectivity index (χ1) is 10.9. The van der Waals surface area contributed by atoms with Crippen LogP contribution >= 0.6 is 11.6 Å². The van der Waals surface area contributed by atoms with Crippen LogP contribution in [0.2, 0.25) is 5.15 Å². The smallest absolute Gasteiger partial charge is 0.151 e. The number of aromatic nitrogens is 2. The maximum Gasteiger partial charge on any atom is 0.151 e. The van der Waals surface area contributed by atoms with Gasteiger partial charge < -0.3 is 10.1 Å². The van der Waals surface area contributed by atoms with Gasteiger partial charge in [-0.05, 0) is 19.4 Å². The predicted molar refractivity (Wildman–Crippen MR) is 94.7 cm³/mol. The summed E-state index contributed by atoms with van der Waals surface area (Å²) in [5.41, 5.74) is 0.970. The lowest BCUT2D eigenvalue weighted by molar-refractivity contribution is 0.0923. The average molecular weight is 343 g/mol. The maximum atomic E-state index is 10.4. The summed E-state index contributed by atoms with van der Waals surface area (Å²) in [7, 11) is 2.10. The highest BCUT2D eigenvalue weighted by Gasteiger charge is 2.34. The van der Waals surface area contributed by atoms with Gasteiger partial charge in [0, 0.05) is 38.6 Å². The number of unbranched alkanes of at least 4 members (excludes halogenated alkanes) is 1. The van der Waals surface area contributed by atoms with Crippen molar-refractivity contribution in [1.29, 1.82) is 0 Å². The summed E-state index contributed by atoms with van der Waals surface area (Å²) in [6, 6.07) is 0.193. The molecular formula is C17H31ClN4O. The summed E-state index contributed by atoms with van der Waals surface area (Å²) < 4.78 is 0. The molecule has 1 aliphatic rings. The van der Waals surface area contributed by atoms with E-state index in [0.29, 0.717) is 17.6 Å². The molecule has 2 rings (SSSR count). The number of H-pyrrole nitrogens is 1. The Morgan fingerprint density at radius 3 is 2.83 bits per heavy atom. The Kier molecular flexibility index (Phi) is 6.89. The highest BCUT2D eigenvalue weighted by molar-refractivity contribution is 6.30. The summed E-state index contributed by atoms with van der Waals surface area (Å²) in [6.45, 7) is 9.86. The molecule has 2 atom stereocenters. The van der Waals surface area contributed by atoms with Gasteiger partial charge >= 0.3 is 0 Å². The SMILES string of the molecule is CCCCc1nc(Cl)c(CN2C[C@@H](O)[C@H](N(C)CC(C)C)C2)[nH]1. The van der Waals surface area contributed by atoms with Crippen molar-refractivity contribution in [1.82, 2.24) is 19.8 Å². The lowest BCUT2D eigenvalue weighted by Gasteiger charge is -2.28. The van der Waals surface area contributed by atoms with E-state index in [0.717, 1.165) is 50.4 Å². The number of halogens is 1. The number of imidazole rings is 1. The maximum absolute atomic E-state index is 10.4. The van der Waals surface area contributed by atoms with Crippen LogP contribution in [0.4, 0.5) is 0 Å². The van der Waals surface area contributed by atoms with Crippen LogP contribution in [0.25, 0.3) is 0 Å². The molecule has 1 aliphatic heterocycles. The minimum Gasteiger partial charge on any atom is -0.390 e. The van der Waals surface area contributed by atoms with Crippen LogP contribution in [-0.2, 0) is 13.0 Å². The molecule has 1 fully saturated rings. The number of β-amino-alcohol motifs (C(OH)–C–C–N with tert-alkyl or cyclic N) is 1. The van der Waals surface area contributed by atoms with Crippen molar-refractivity contribution in [3.8, 4) is 0 Å². The van der Waals surface area contributed by atoms with Gasteiger partial charge in [-0.1, -0.05) is 38.8 Å². The van der Waals surface area contributed by atoms with Gasteiger partial charge in [0.2, 0.25) is 0 Å². The van der Waals surface area contributed by atoms with Gasteiger partial charge in [0.15, 0.2) is 5.15 Å². The minimum atomic E-state index is -0.306. The Morgan fingerprint density at radius 2 is 2.17 bits per heavy atom. The van der Waals surface area contributed by atoms with Crippen molar-refractivity contribution in [2.45, 2.75) is 58.7 Å². The number of rotatable bonds is 8. The lowest BCUT2D eigenvalue weighted by atomic mass is 10.1. The normalized spacial score (nSPS) is 22.6. The second kappa shape index (κ2) is 8.47. The summed E-state index contributed by atoms with van der Waals surface area (Å²) >= 11 is 6.26. The van der Waals surface area contributed by atoms with Crippen molar-refractivity contribution in [2.75, 3.05) is 26.7 Å². The Bertz CT molecular complexity index is 491. The van der Waals surface area contributed by atoms with E-state index in [1.54, 1.807) is 0 Å². The van der Waals surface area contributed by atoms with Crippen LogP contribution in [0.1, 0.15) is 45.1 Å². The van der Waals surface area contributed by atoms with E-state index in [4.69, 9.17) is 11.6 Å². The highest BCUT2D eigenvalue weighted by Crippen LogP contribution is 2.21. The van der Waals surface area contributed by atoms with Gasteiger partial charge in [0.25, 0.3) is 0 Å². The first kappa shape index (κ1) is 18.7. The van der Waals surface area contributed by atoms with E-state index in [9.17, 15) is 5.11 Å². The molecular weight excluding hydrogens is 312 g/mol. The summed E-state index contributed by atoms with van der Waals surface area (Å²) in [4.78, 5) is 12.3. The van der Waals surface area contributed by atoms with E-state index in [-0.39, 0.29) is 12.1 Å². The zero-order valence-corrected chi connectivity index (χ0v) is 15.6. The Hall–Kier alpha value is -0.620. The number of nitrogens with zero attached hydrogens (tertiary/aromatic N) is 3. The fourth-order valence-corrected chi connectivity index (χ4v) is 3.56. The Labute approximate surface area is 145 Å². The van der Waals surface area contributed by atoms with Crippen LogP contribution in [0.15, 0.2) is 0 Å². The van der Waals surface area contributed by atoms with Gasteiger partial charge in [-0.3, -0.25) is 9.80 Å². The van der Waals surface area contributed by atoms with Crippen LogP contribution in [0.5, 0.6) is 0 Å². The molecule has 0 radical (unpaired) electrons. The molecule has 2 heterocycles. The van der Waals surface area contributed by atoms with Crippen molar-refractivity contribution in [3.63, 3.8) is 0 Å². The highest BCUT2D eigenvalue weighted by atomic mass is 35.5. The molecule has 1 saturated heterocycles. The molecule has 132 valence electrons. The fraction of sp³-hybridized carbons (Fsp3) is 0.824. The number of hydrogen-bond acceptors (Lipinski definition) is 4. The number of aliphatic hydroxyl groups excluding tert-OH is 1. The van der Waals surface area contributed by atoms with Gasteiger partial charge in [-0.2, -0.15) is 0 Å². The standard InChI is InChI=1S/C17H31ClN4O/c1-5-6-7-16-19-13(17(18)20-16)9-22-10-14(15(23)11-22)21(4)8-12(2)3/h12,14-15,23H,5-11H2,1-4H3,(H,19,20)/t14-,15-/m1/s1. The molecule has 5 nitrogen and oxygen atoms in total. The van der Waals surface area contributed by atoms with Crippen molar-refractivity contribution >= 4 is 11.6 Å². The second-order valence-electron chi connectivity index (χ2n) is 7.22. The molecule has 0 amide bonds. The molecule has 0 aliphatic carbocycles. The molecule has 1 aromatic heterocycles. The van der Waals surface area contributed by atoms with Crippen LogP contribution in [0.3, 0.4) is 0 Å². The van der Waals surface area contributed by atoms with E-state index in [2.05, 4.69) is 47.6 Å². The third-order valence-electron chi connectivity index (χ3n) is 4.48. The lowest BCUT2D eigenvalue weighted by Crippen LogP contribution is -2.42. The Balaban J connectivity index is 1.93. The van der Waals surface area contributed by atoms with Crippen LogP contribution in [0, 0.1) is 5.92 Å². The largest absolute Gasteiger partial charge is 0.390 e. The number of aromatic amines is 1. The van der Waals surface area contributed by atoms with Crippen LogP contribution < -0.4 is 0 Å². The molecule has 0 bridgehead atoms. The topological polar surface area (TPSA) is 55.4 Å². The third kappa shape index (κ3) is 5.18. The molecule has 1 aromatic rings. The van der Waals surface area contributed by atoms with E-state index in [1.807, 2.05) is 0 Å². The number of hydrogen-bond donors (Lipinski definition) is 2. The Morgan fingerprint density at radius 1 is 1.43 bits per heavy atom. The fourth-order valence-electron chi connectivity index (χ4n) is 3.35. The molecule has 0 aromatic carbocycles. The zero-order valence-electron chi connectivity index (χ0n) is 14.8. The van der Waals surface area contributed by atoms with Crippen LogP contribution in [-0.4, -0.2) is 63.7 Å². The quantitative estimate of drug-likeness (QED) is 0.762. The third-order valence-corrected chi connectivity index (χ3v) is 4.79.